The van der Waals surface area contributed by atoms with Gasteiger partial charge in [0.15, 0.2) is 0 Å². The Bertz CT molecular complexity index is 459. The summed E-state index contributed by atoms with van der Waals surface area (Å²) in [6, 6.07) is 4.11. The van der Waals surface area contributed by atoms with Gasteiger partial charge in [-0.05, 0) is 17.9 Å². The summed E-state index contributed by atoms with van der Waals surface area (Å²) < 4.78 is 0. The van der Waals surface area contributed by atoms with Crippen molar-refractivity contribution in [1.82, 2.24) is 4.90 Å². The van der Waals surface area contributed by atoms with Crippen LogP contribution in [0.15, 0.2) is 17.5 Å². The molecule has 1 aliphatic heterocycles. The Kier molecular flexibility index (Phi) is 4.09. The van der Waals surface area contributed by atoms with Crippen LogP contribution in [0.4, 0.5) is 0 Å². The van der Waals surface area contributed by atoms with E-state index in [2.05, 4.69) is 6.07 Å². The van der Waals surface area contributed by atoms with E-state index in [0.29, 0.717) is 13.0 Å². The van der Waals surface area contributed by atoms with Crippen LogP contribution in [0, 0.1) is 11.3 Å². The van der Waals surface area contributed by atoms with Crippen LogP contribution in [0.3, 0.4) is 0 Å². The zero-order chi connectivity index (χ0) is 14.0. The summed E-state index contributed by atoms with van der Waals surface area (Å²) >= 11 is 1.71. The summed E-state index contributed by atoms with van der Waals surface area (Å²) in [5, 5.41) is 2.05. The molecular formula is C15H21NO2S. The summed E-state index contributed by atoms with van der Waals surface area (Å²) in [6.07, 6.45) is 1.28. The average molecular weight is 279 g/mol. The zero-order valence-electron chi connectivity index (χ0n) is 11.8. The zero-order valence-corrected chi connectivity index (χ0v) is 12.6. The lowest BCUT2D eigenvalue weighted by molar-refractivity contribution is -0.131. The molecule has 4 heteroatoms. The molecule has 1 aromatic rings. The maximum Gasteiger partial charge on any atom is 0.223 e. The fourth-order valence-electron chi connectivity index (χ4n) is 2.48. The molecule has 0 radical (unpaired) electrons. The van der Waals surface area contributed by atoms with Crippen molar-refractivity contribution in [1.29, 1.82) is 0 Å². The molecule has 1 aliphatic rings. The number of hydrogen-bond acceptors (Lipinski definition) is 3. The second-order valence-electron chi connectivity index (χ2n) is 6.18. The molecule has 1 amide bonds. The van der Waals surface area contributed by atoms with Gasteiger partial charge in [-0.3, -0.25) is 9.59 Å². The Hall–Kier alpha value is -1.16. The van der Waals surface area contributed by atoms with Crippen LogP contribution in [-0.2, 0) is 16.0 Å². The lowest BCUT2D eigenvalue weighted by Crippen LogP contribution is -2.32. The van der Waals surface area contributed by atoms with Gasteiger partial charge >= 0.3 is 0 Å². The van der Waals surface area contributed by atoms with E-state index in [1.165, 1.54) is 4.88 Å². The number of ketones is 1. The third-order valence-electron chi connectivity index (χ3n) is 3.53. The Labute approximate surface area is 118 Å². The second kappa shape index (κ2) is 5.45. The second-order valence-corrected chi connectivity index (χ2v) is 7.22. The van der Waals surface area contributed by atoms with E-state index in [0.717, 1.165) is 13.0 Å². The Balaban J connectivity index is 1.91. The number of nitrogens with zero attached hydrogens (tertiary/aromatic N) is 1. The number of hydrogen-bond donors (Lipinski definition) is 0. The van der Waals surface area contributed by atoms with E-state index in [1.807, 2.05) is 37.1 Å². The summed E-state index contributed by atoms with van der Waals surface area (Å²) in [6.45, 7) is 7.10. The number of thiophene rings is 1. The van der Waals surface area contributed by atoms with Crippen LogP contribution in [0.1, 0.15) is 32.1 Å². The topological polar surface area (TPSA) is 37.4 Å². The highest BCUT2D eigenvalue weighted by atomic mass is 32.1. The minimum Gasteiger partial charge on any atom is -0.342 e. The molecule has 0 bridgehead atoms. The molecule has 0 aromatic carbocycles. The van der Waals surface area contributed by atoms with Crippen LogP contribution >= 0.6 is 11.3 Å². The first-order valence-electron chi connectivity index (χ1n) is 6.72. The first kappa shape index (κ1) is 14.3. The highest BCUT2D eigenvalue weighted by Crippen LogP contribution is 2.27. The maximum absolute atomic E-state index is 12.2. The molecule has 2 heterocycles. The van der Waals surface area contributed by atoms with E-state index in [-0.39, 0.29) is 23.0 Å². The number of rotatable bonds is 4. The molecule has 0 spiro atoms. The fraction of sp³-hybridized carbons (Fsp3) is 0.600. The van der Waals surface area contributed by atoms with Crippen LogP contribution in [0.2, 0.25) is 0 Å². The fourth-order valence-corrected chi connectivity index (χ4v) is 3.17. The highest BCUT2D eigenvalue weighted by Gasteiger charge is 2.38. The van der Waals surface area contributed by atoms with Gasteiger partial charge in [-0.2, -0.15) is 0 Å². The molecular weight excluding hydrogens is 258 g/mol. The first-order valence-corrected chi connectivity index (χ1v) is 7.60. The summed E-state index contributed by atoms with van der Waals surface area (Å²) in [7, 11) is 0. The Morgan fingerprint density at radius 2 is 2.21 bits per heavy atom. The smallest absolute Gasteiger partial charge is 0.223 e. The summed E-state index contributed by atoms with van der Waals surface area (Å²) in [4.78, 5) is 27.3. The van der Waals surface area contributed by atoms with Gasteiger partial charge in [0.25, 0.3) is 0 Å². The van der Waals surface area contributed by atoms with Crippen molar-refractivity contribution in [2.75, 3.05) is 13.1 Å². The lowest BCUT2D eigenvalue weighted by Gasteiger charge is -2.21. The van der Waals surface area contributed by atoms with Crippen LogP contribution in [-0.4, -0.2) is 29.7 Å². The molecule has 0 N–H and O–H groups in total. The number of Topliss-reactive ketones (excluding diaryl/α,β-unsaturated/α-hetero) is 1. The minimum absolute atomic E-state index is 0.115. The molecule has 1 atom stereocenters. The van der Waals surface area contributed by atoms with Crippen LogP contribution in [0.5, 0.6) is 0 Å². The quantitative estimate of drug-likeness (QED) is 0.850. The molecule has 0 saturated carbocycles. The molecule has 19 heavy (non-hydrogen) atoms. The van der Waals surface area contributed by atoms with Crippen LogP contribution < -0.4 is 0 Å². The largest absolute Gasteiger partial charge is 0.342 e. The van der Waals surface area contributed by atoms with Crippen molar-refractivity contribution in [3.8, 4) is 0 Å². The summed E-state index contributed by atoms with van der Waals surface area (Å²) in [5.41, 5.74) is -0.352. The minimum atomic E-state index is -0.352. The van der Waals surface area contributed by atoms with Crippen molar-refractivity contribution in [2.45, 2.75) is 33.6 Å². The molecule has 2 rings (SSSR count). The predicted octanol–water partition coefficient (Wildman–Crippen LogP) is 2.75. The molecule has 3 nitrogen and oxygen atoms in total. The molecule has 1 unspecified atom stereocenters. The van der Waals surface area contributed by atoms with Gasteiger partial charge in [0.2, 0.25) is 5.91 Å². The highest BCUT2D eigenvalue weighted by molar-refractivity contribution is 7.09. The summed E-state index contributed by atoms with van der Waals surface area (Å²) in [5.74, 6) is 0.217. The molecule has 1 aromatic heterocycles. The van der Waals surface area contributed by atoms with Gasteiger partial charge in [0, 0.05) is 35.7 Å². The number of likely N-dealkylation sites (tertiary alicyclic amines) is 1. The van der Waals surface area contributed by atoms with Crippen LogP contribution in [0.25, 0.3) is 0 Å². The lowest BCUT2D eigenvalue weighted by atomic mass is 9.82. The van der Waals surface area contributed by atoms with E-state index in [4.69, 9.17) is 0 Å². The molecule has 0 aliphatic carbocycles. The van der Waals surface area contributed by atoms with E-state index in [9.17, 15) is 9.59 Å². The average Bonchev–Trinajstić information content (AvgIpc) is 2.93. The Morgan fingerprint density at radius 3 is 2.79 bits per heavy atom. The number of amides is 1. The van der Waals surface area contributed by atoms with Crippen molar-refractivity contribution >= 4 is 23.0 Å². The van der Waals surface area contributed by atoms with Crippen molar-refractivity contribution in [3.63, 3.8) is 0 Å². The van der Waals surface area contributed by atoms with Crippen molar-refractivity contribution < 1.29 is 9.59 Å². The van der Waals surface area contributed by atoms with Gasteiger partial charge in [0.1, 0.15) is 5.78 Å². The van der Waals surface area contributed by atoms with Crippen molar-refractivity contribution in [3.05, 3.63) is 22.4 Å². The third-order valence-corrected chi connectivity index (χ3v) is 4.47. The molecule has 1 fully saturated rings. The monoisotopic (exact) mass is 279 g/mol. The first-order chi connectivity index (χ1) is 8.88. The standard InChI is InChI=1S/C15H21NO2S/c1-15(2,3)14(18)11-9-13(17)16(10-11)7-6-12-5-4-8-19-12/h4-5,8,11H,6-7,9-10H2,1-3H3. The predicted molar refractivity (Wildman–Crippen MR) is 77.2 cm³/mol. The van der Waals surface area contributed by atoms with E-state index < -0.39 is 0 Å². The molecule has 104 valence electrons. The maximum atomic E-state index is 12.2. The van der Waals surface area contributed by atoms with Gasteiger partial charge in [-0.15, -0.1) is 11.3 Å². The SMILES string of the molecule is CC(C)(C)C(=O)C1CC(=O)N(CCc2cccs2)C1. The molecule has 1 saturated heterocycles. The normalized spacial score (nSPS) is 20.1. The van der Waals surface area contributed by atoms with Gasteiger partial charge in [-0.25, -0.2) is 0 Å². The van der Waals surface area contributed by atoms with E-state index >= 15 is 0 Å². The van der Waals surface area contributed by atoms with Gasteiger partial charge in [-0.1, -0.05) is 26.8 Å². The van der Waals surface area contributed by atoms with E-state index in [1.54, 1.807) is 11.3 Å². The number of carbonyl (C=O) groups is 2. The number of carbonyl (C=O) groups excluding carboxylic acids is 2. The van der Waals surface area contributed by atoms with Gasteiger partial charge < -0.3 is 4.90 Å². The third kappa shape index (κ3) is 3.44. The van der Waals surface area contributed by atoms with Gasteiger partial charge in [0.05, 0.1) is 0 Å². The Morgan fingerprint density at radius 1 is 1.47 bits per heavy atom. The van der Waals surface area contributed by atoms with Crippen molar-refractivity contribution in [2.24, 2.45) is 11.3 Å².